The third-order valence-corrected chi connectivity index (χ3v) is 6.00. The van der Waals surface area contributed by atoms with E-state index in [-0.39, 0.29) is 0 Å². The van der Waals surface area contributed by atoms with Crippen molar-refractivity contribution >= 4 is 11.9 Å². The second kappa shape index (κ2) is 19.9. The molecule has 0 aromatic rings. The summed E-state index contributed by atoms with van der Waals surface area (Å²) in [5.74, 6) is -0.366. The number of ether oxygens (including phenoxy) is 2. The second-order valence-electron chi connectivity index (χ2n) is 10.1. The van der Waals surface area contributed by atoms with E-state index in [1.165, 1.54) is 64.2 Å². The van der Waals surface area contributed by atoms with Gasteiger partial charge in [0.2, 0.25) is 0 Å². The number of rotatable bonds is 21. The van der Waals surface area contributed by atoms with Gasteiger partial charge in [0.25, 0.3) is 0 Å². The van der Waals surface area contributed by atoms with Crippen molar-refractivity contribution in [2.45, 2.75) is 143 Å². The summed E-state index contributed by atoms with van der Waals surface area (Å²) < 4.78 is 11.5. The van der Waals surface area contributed by atoms with E-state index < -0.39 is 24.1 Å². The van der Waals surface area contributed by atoms with Crippen LogP contribution in [0, 0.1) is 5.92 Å². The first-order chi connectivity index (χ1) is 15.7. The lowest BCUT2D eigenvalue weighted by Gasteiger charge is -2.28. The molecule has 0 spiro atoms. The van der Waals surface area contributed by atoms with Crippen molar-refractivity contribution in [1.29, 1.82) is 0 Å². The van der Waals surface area contributed by atoms with Crippen LogP contribution in [0.2, 0.25) is 0 Å². The Morgan fingerprint density at radius 2 is 0.970 bits per heavy atom. The fourth-order valence-electron chi connectivity index (χ4n) is 3.80. The maximum absolute atomic E-state index is 12.3. The summed E-state index contributed by atoms with van der Waals surface area (Å²) in [7, 11) is 0. The zero-order chi connectivity index (χ0) is 25.1. The van der Waals surface area contributed by atoms with Gasteiger partial charge in [-0.15, -0.1) is 0 Å². The summed E-state index contributed by atoms with van der Waals surface area (Å²) in [5.41, 5.74) is 0.725. The maximum atomic E-state index is 12.3. The van der Waals surface area contributed by atoms with E-state index in [1.807, 2.05) is 0 Å². The standard InChI is InChI=1S/C29H52O4/c1-8-9-10-11-12-13-14-15-16-17-18-19-20-26(32-28(30)24(4)5)27(22-21-23(2)3)33-29(31)25(6)7/h23,26-27H,4,6,8-22H2,1-3,5,7H3. The number of carbonyl (C=O) groups excluding carboxylic acids is 2. The van der Waals surface area contributed by atoms with Crippen molar-refractivity contribution in [3.63, 3.8) is 0 Å². The predicted octanol–water partition coefficient (Wildman–Crippen LogP) is 8.49. The van der Waals surface area contributed by atoms with Crippen LogP contribution in [0.25, 0.3) is 0 Å². The lowest BCUT2D eigenvalue weighted by atomic mass is 9.97. The van der Waals surface area contributed by atoms with Crippen molar-refractivity contribution in [2.75, 3.05) is 0 Å². The molecule has 0 N–H and O–H groups in total. The molecular weight excluding hydrogens is 412 g/mol. The van der Waals surface area contributed by atoms with Crippen LogP contribution in [0.1, 0.15) is 131 Å². The number of hydrogen-bond donors (Lipinski definition) is 0. The quantitative estimate of drug-likeness (QED) is 0.0970. The third kappa shape index (κ3) is 17.5. The lowest BCUT2D eigenvalue weighted by Crippen LogP contribution is -2.36. The van der Waals surface area contributed by atoms with Gasteiger partial charge in [0.15, 0.2) is 0 Å². The molecule has 0 fully saturated rings. The van der Waals surface area contributed by atoms with Crippen molar-refractivity contribution in [1.82, 2.24) is 0 Å². The van der Waals surface area contributed by atoms with Crippen LogP contribution in [0.15, 0.2) is 24.3 Å². The van der Waals surface area contributed by atoms with E-state index in [2.05, 4.69) is 33.9 Å². The minimum Gasteiger partial charge on any atom is -0.455 e. The van der Waals surface area contributed by atoms with Gasteiger partial charge < -0.3 is 9.47 Å². The Kier molecular flexibility index (Phi) is 18.9. The minimum absolute atomic E-state index is 0.361. The number of esters is 2. The molecule has 0 aromatic heterocycles. The Morgan fingerprint density at radius 3 is 1.33 bits per heavy atom. The SMILES string of the molecule is C=C(C)C(=O)OC(CCCCCCCCCCCCCC)C(CCC(C)C)OC(=O)C(=C)C. The van der Waals surface area contributed by atoms with Gasteiger partial charge in [-0.25, -0.2) is 9.59 Å². The van der Waals surface area contributed by atoms with Gasteiger partial charge in [-0.3, -0.25) is 0 Å². The molecular formula is C29H52O4. The molecule has 0 saturated carbocycles. The molecule has 2 atom stereocenters. The van der Waals surface area contributed by atoms with Crippen LogP contribution >= 0.6 is 0 Å². The molecule has 0 amide bonds. The van der Waals surface area contributed by atoms with E-state index in [9.17, 15) is 9.59 Å². The Balaban J connectivity index is 4.57. The zero-order valence-electron chi connectivity index (χ0n) is 22.4. The van der Waals surface area contributed by atoms with Crippen LogP contribution < -0.4 is 0 Å². The van der Waals surface area contributed by atoms with E-state index in [0.717, 1.165) is 19.3 Å². The highest BCUT2D eigenvalue weighted by Crippen LogP contribution is 2.22. The van der Waals surface area contributed by atoms with Gasteiger partial charge in [-0.1, -0.05) is 105 Å². The topological polar surface area (TPSA) is 52.6 Å². The van der Waals surface area contributed by atoms with Gasteiger partial charge in [0.05, 0.1) is 0 Å². The van der Waals surface area contributed by atoms with Crippen LogP contribution in [0.4, 0.5) is 0 Å². The molecule has 0 aliphatic rings. The molecule has 0 saturated heterocycles. The van der Waals surface area contributed by atoms with Gasteiger partial charge in [0.1, 0.15) is 12.2 Å². The van der Waals surface area contributed by atoms with E-state index in [1.54, 1.807) is 13.8 Å². The van der Waals surface area contributed by atoms with Gasteiger partial charge in [-0.2, -0.15) is 0 Å². The third-order valence-electron chi connectivity index (χ3n) is 6.00. The summed E-state index contributed by atoms with van der Waals surface area (Å²) in [6.45, 7) is 17.2. The van der Waals surface area contributed by atoms with Crippen molar-refractivity contribution in [2.24, 2.45) is 5.92 Å². The van der Waals surface area contributed by atoms with Crippen molar-refractivity contribution in [3.05, 3.63) is 24.3 Å². The Morgan fingerprint density at radius 1 is 0.606 bits per heavy atom. The highest BCUT2D eigenvalue weighted by atomic mass is 16.6. The number of hydrogen-bond acceptors (Lipinski definition) is 4. The summed E-state index contributed by atoms with van der Waals surface area (Å²) in [6.07, 6.45) is 16.7. The van der Waals surface area contributed by atoms with E-state index >= 15 is 0 Å². The maximum Gasteiger partial charge on any atom is 0.333 e. The van der Waals surface area contributed by atoms with Crippen LogP contribution in [0.5, 0.6) is 0 Å². The Hall–Kier alpha value is -1.58. The summed E-state index contributed by atoms with van der Waals surface area (Å²) in [6, 6.07) is 0. The second-order valence-corrected chi connectivity index (χ2v) is 10.1. The van der Waals surface area contributed by atoms with E-state index in [4.69, 9.17) is 9.47 Å². The number of unbranched alkanes of at least 4 members (excludes halogenated alkanes) is 11. The van der Waals surface area contributed by atoms with Gasteiger partial charge in [0, 0.05) is 11.1 Å². The highest BCUT2D eigenvalue weighted by molar-refractivity contribution is 5.88. The molecule has 2 unspecified atom stereocenters. The first-order valence-corrected chi connectivity index (χ1v) is 13.4. The van der Waals surface area contributed by atoms with Gasteiger partial charge >= 0.3 is 11.9 Å². The Bertz CT molecular complexity index is 564. The predicted molar refractivity (Wildman–Crippen MR) is 139 cm³/mol. The molecule has 192 valence electrons. The zero-order valence-corrected chi connectivity index (χ0v) is 22.4. The summed E-state index contributed by atoms with van der Waals surface area (Å²) in [5, 5.41) is 0. The fraction of sp³-hybridized carbons (Fsp3) is 0.793. The number of carbonyl (C=O) groups is 2. The van der Waals surface area contributed by atoms with Crippen LogP contribution in [-0.4, -0.2) is 24.1 Å². The fourth-order valence-corrected chi connectivity index (χ4v) is 3.80. The average Bonchev–Trinajstić information content (AvgIpc) is 2.75. The normalized spacial score (nSPS) is 12.9. The molecule has 0 aliphatic heterocycles. The first-order valence-electron chi connectivity index (χ1n) is 13.4. The molecule has 0 rings (SSSR count). The molecule has 0 aromatic carbocycles. The van der Waals surface area contributed by atoms with Gasteiger partial charge in [-0.05, 0) is 45.4 Å². The molecule has 0 bridgehead atoms. The lowest BCUT2D eigenvalue weighted by molar-refractivity contribution is -0.164. The van der Waals surface area contributed by atoms with E-state index in [0.29, 0.717) is 29.9 Å². The molecule has 33 heavy (non-hydrogen) atoms. The first kappa shape index (κ1) is 31.4. The van der Waals surface area contributed by atoms with Crippen molar-refractivity contribution in [3.8, 4) is 0 Å². The molecule has 0 aliphatic carbocycles. The Labute approximate surface area is 204 Å². The van der Waals surface area contributed by atoms with Crippen molar-refractivity contribution < 1.29 is 19.1 Å². The van der Waals surface area contributed by atoms with Crippen LogP contribution in [-0.2, 0) is 19.1 Å². The minimum atomic E-state index is -0.451. The molecule has 4 nitrogen and oxygen atoms in total. The molecule has 0 heterocycles. The highest BCUT2D eigenvalue weighted by Gasteiger charge is 2.29. The largest absolute Gasteiger partial charge is 0.455 e. The van der Waals surface area contributed by atoms with Crippen LogP contribution in [0.3, 0.4) is 0 Å². The smallest absolute Gasteiger partial charge is 0.333 e. The summed E-state index contributed by atoms with van der Waals surface area (Å²) >= 11 is 0. The average molecular weight is 465 g/mol. The monoisotopic (exact) mass is 464 g/mol. The summed E-state index contributed by atoms with van der Waals surface area (Å²) in [4.78, 5) is 24.5. The molecule has 4 heteroatoms. The molecule has 0 radical (unpaired) electrons.